The summed E-state index contributed by atoms with van der Waals surface area (Å²) >= 11 is 18.0. The monoisotopic (exact) mass is 315 g/mol. The summed E-state index contributed by atoms with van der Waals surface area (Å²) in [5, 5.41) is 1.08. The van der Waals surface area contributed by atoms with Gasteiger partial charge in [0.1, 0.15) is 0 Å². The lowest BCUT2D eigenvalue weighted by molar-refractivity contribution is 0.0595. The molecule has 0 atom stereocenters. The van der Waals surface area contributed by atoms with Gasteiger partial charge in [0.2, 0.25) is 0 Å². The Hall–Kier alpha value is -1.29. The minimum Gasteiger partial charge on any atom is -0.464 e. The maximum atomic E-state index is 11.7. The lowest BCUT2D eigenvalue weighted by atomic mass is 10.0. The number of ether oxygens (including phenoxy) is 1. The molecule has 0 bridgehead atoms. The van der Waals surface area contributed by atoms with Crippen LogP contribution < -0.4 is 0 Å². The van der Waals surface area contributed by atoms with Crippen molar-refractivity contribution in [3.05, 3.63) is 51.2 Å². The van der Waals surface area contributed by atoms with Gasteiger partial charge in [0.25, 0.3) is 0 Å². The van der Waals surface area contributed by atoms with Crippen LogP contribution in [0.1, 0.15) is 10.5 Å². The second kappa shape index (κ2) is 5.78. The van der Waals surface area contributed by atoms with Gasteiger partial charge in [-0.05, 0) is 18.2 Å². The van der Waals surface area contributed by atoms with Crippen molar-refractivity contribution in [2.45, 2.75) is 0 Å². The lowest BCUT2D eigenvalue weighted by Crippen LogP contribution is -2.06. The minimum absolute atomic E-state index is 0.172. The van der Waals surface area contributed by atoms with E-state index in [-0.39, 0.29) is 5.69 Å². The summed E-state index contributed by atoms with van der Waals surface area (Å²) in [6.07, 6.45) is 1.50. The summed E-state index contributed by atoms with van der Waals surface area (Å²) < 4.78 is 4.69. The first-order chi connectivity index (χ1) is 9.04. The van der Waals surface area contributed by atoms with Gasteiger partial charge >= 0.3 is 5.97 Å². The highest BCUT2D eigenvalue weighted by Crippen LogP contribution is 2.36. The van der Waals surface area contributed by atoms with Crippen molar-refractivity contribution in [3.8, 4) is 11.1 Å². The van der Waals surface area contributed by atoms with E-state index in [0.29, 0.717) is 26.2 Å². The van der Waals surface area contributed by atoms with E-state index in [4.69, 9.17) is 34.8 Å². The van der Waals surface area contributed by atoms with E-state index in [0.717, 1.165) is 0 Å². The van der Waals surface area contributed by atoms with E-state index in [9.17, 15) is 4.79 Å². The van der Waals surface area contributed by atoms with E-state index in [1.54, 1.807) is 18.2 Å². The molecule has 0 unspecified atom stereocenters. The standard InChI is InChI=1S/C13H8Cl3NO2/c1-19-13(18)12-7(3-2-4-17-12)8-5-10(15)11(16)6-9(8)14/h2-6H,1H3. The average Bonchev–Trinajstić information content (AvgIpc) is 2.42. The molecule has 0 fully saturated rings. The number of hydrogen-bond donors (Lipinski definition) is 0. The van der Waals surface area contributed by atoms with Gasteiger partial charge in [0.15, 0.2) is 5.69 Å². The molecule has 1 aromatic heterocycles. The molecule has 0 amide bonds. The summed E-state index contributed by atoms with van der Waals surface area (Å²) in [5.74, 6) is -0.544. The predicted molar refractivity (Wildman–Crippen MR) is 76.0 cm³/mol. The summed E-state index contributed by atoms with van der Waals surface area (Å²) in [6.45, 7) is 0. The van der Waals surface area contributed by atoms with Crippen LogP contribution in [0, 0.1) is 0 Å². The molecule has 1 heterocycles. The Labute approximate surface area is 125 Å². The number of benzene rings is 1. The highest BCUT2D eigenvalue weighted by Gasteiger charge is 2.17. The van der Waals surface area contributed by atoms with Crippen LogP contribution in [-0.4, -0.2) is 18.1 Å². The van der Waals surface area contributed by atoms with E-state index < -0.39 is 5.97 Å². The fraction of sp³-hybridized carbons (Fsp3) is 0.0769. The van der Waals surface area contributed by atoms with Crippen LogP contribution in [-0.2, 0) is 4.74 Å². The summed E-state index contributed by atoms with van der Waals surface area (Å²) in [5.41, 5.74) is 1.28. The number of carbonyl (C=O) groups excluding carboxylic acids is 1. The molecule has 1 aromatic carbocycles. The van der Waals surface area contributed by atoms with Gasteiger partial charge in [-0.25, -0.2) is 9.78 Å². The fourth-order valence-electron chi connectivity index (χ4n) is 1.61. The SMILES string of the molecule is COC(=O)c1ncccc1-c1cc(Cl)c(Cl)cc1Cl. The van der Waals surface area contributed by atoms with Crippen molar-refractivity contribution in [2.24, 2.45) is 0 Å². The van der Waals surface area contributed by atoms with Gasteiger partial charge in [-0.2, -0.15) is 0 Å². The highest BCUT2D eigenvalue weighted by atomic mass is 35.5. The van der Waals surface area contributed by atoms with Crippen LogP contribution in [0.5, 0.6) is 0 Å². The third kappa shape index (κ3) is 2.84. The Morgan fingerprint density at radius 3 is 2.47 bits per heavy atom. The highest BCUT2D eigenvalue weighted by molar-refractivity contribution is 6.44. The summed E-state index contributed by atoms with van der Waals surface area (Å²) in [6, 6.07) is 6.52. The number of pyridine rings is 1. The molecule has 0 saturated carbocycles. The first-order valence-electron chi connectivity index (χ1n) is 5.23. The van der Waals surface area contributed by atoms with Crippen molar-refractivity contribution in [3.63, 3.8) is 0 Å². The third-order valence-corrected chi connectivity index (χ3v) is 3.52. The minimum atomic E-state index is -0.544. The van der Waals surface area contributed by atoms with Gasteiger partial charge in [0, 0.05) is 17.3 Å². The van der Waals surface area contributed by atoms with Crippen molar-refractivity contribution in [1.82, 2.24) is 4.98 Å². The molecule has 0 radical (unpaired) electrons. The molecular formula is C13H8Cl3NO2. The van der Waals surface area contributed by atoms with Crippen LogP contribution in [0.4, 0.5) is 0 Å². The topological polar surface area (TPSA) is 39.2 Å². The largest absolute Gasteiger partial charge is 0.464 e. The van der Waals surface area contributed by atoms with Crippen LogP contribution in [0.25, 0.3) is 11.1 Å². The quantitative estimate of drug-likeness (QED) is 0.605. The van der Waals surface area contributed by atoms with Crippen LogP contribution in [0.15, 0.2) is 30.5 Å². The Bertz CT molecular complexity index is 644. The molecule has 0 saturated heterocycles. The second-order valence-corrected chi connectivity index (χ2v) is 4.86. The van der Waals surface area contributed by atoms with Gasteiger partial charge in [-0.3, -0.25) is 0 Å². The molecular weight excluding hydrogens is 309 g/mol. The summed E-state index contributed by atoms with van der Waals surface area (Å²) in [7, 11) is 1.29. The number of carbonyl (C=O) groups is 1. The Kier molecular flexibility index (Phi) is 4.30. The third-order valence-electron chi connectivity index (χ3n) is 2.49. The number of rotatable bonds is 2. The summed E-state index contributed by atoms with van der Waals surface area (Å²) in [4.78, 5) is 15.7. The number of methoxy groups -OCH3 is 1. The fourth-order valence-corrected chi connectivity index (χ4v) is 2.26. The van der Waals surface area contributed by atoms with E-state index in [2.05, 4.69) is 9.72 Å². The normalized spacial score (nSPS) is 10.3. The number of esters is 1. The molecule has 0 spiro atoms. The molecule has 0 aliphatic heterocycles. The molecule has 2 aromatic rings. The maximum Gasteiger partial charge on any atom is 0.357 e. The lowest BCUT2D eigenvalue weighted by Gasteiger charge is -2.10. The van der Waals surface area contributed by atoms with E-state index >= 15 is 0 Å². The number of nitrogens with zero attached hydrogens (tertiary/aromatic N) is 1. The Balaban J connectivity index is 2.66. The molecule has 0 aliphatic carbocycles. The predicted octanol–water partition coefficient (Wildman–Crippen LogP) is 4.50. The van der Waals surface area contributed by atoms with Crippen LogP contribution >= 0.6 is 34.8 Å². The first kappa shape index (κ1) is 14.1. The molecule has 3 nitrogen and oxygen atoms in total. The van der Waals surface area contributed by atoms with Crippen molar-refractivity contribution >= 4 is 40.8 Å². The van der Waals surface area contributed by atoms with Gasteiger partial charge in [-0.15, -0.1) is 0 Å². The Morgan fingerprint density at radius 1 is 1.11 bits per heavy atom. The zero-order chi connectivity index (χ0) is 14.0. The molecule has 98 valence electrons. The van der Waals surface area contributed by atoms with Crippen molar-refractivity contribution < 1.29 is 9.53 Å². The number of aromatic nitrogens is 1. The second-order valence-electron chi connectivity index (χ2n) is 3.64. The molecule has 2 rings (SSSR count). The van der Waals surface area contributed by atoms with Crippen molar-refractivity contribution in [1.29, 1.82) is 0 Å². The van der Waals surface area contributed by atoms with Gasteiger partial charge < -0.3 is 4.74 Å². The van der Waals surface area contributed by atoms with Crippen LogP contribution in [0.3, 0.4) is 0 Å². The number of halogens is 3. The van der Waals surface area contributed by atoms with Gasteiger partial charge in [-0.1, -0.05) is 40.9 Å². The first-order valence-corrected chi connectivity index (χ1v) is 6.36. The van der Waals surface area contributed by atoms with E-state index in [1.807, 2.05) is 0 Å². The smallest absolute Gasteiger partial charge is 0.357 e. The zero-order valence-corrected chi connectivity index (χ0v) is 12.1. The molecule has 0 aliphatic rings. The zero-order valence-electron chi connectivity index (χ0n) is 9.78. The van der Waals surface area contributed by atoms with E-state index in [1.165, 1.54) is 19.4 Å². The number of hydrogen-bond acceptors (Lipinski definition) is 3. The molecule has 0 N–H and O–H groups in total. The Morgan fingerprint density at radius 2 is 1.79 bits per heavy atom. The van der Waals surface area contributed by atoms with Crippen molar-refractivity contribution in [2.75, 3.05) is 7.11 Å². The average molecular weight is 317 g/mol. The van der Waals surface area contributed by atoms with Crippen LogP contribution in [0.2, 0.25) is 15.1 Å². The molecule has 19 heavy (non-hydrogen) atoms. The maximum absolute atomic E-state index is 11.7. The van der Waals surface area contributed by atoms with Gasteiger partial charge in [0.05, 0.1) is 22.2 Å². The molecule has 6 heteroatoms.